The van der Waals surface area contributed by atoms with E-state index in [0.29, 0.717) is 26.2 Å². The highest BCUT2D eigenvalue weighted by Gasteiger charge is 2.14. The number of hydrogen-bond acceptors (Lipinski definition) is 6. The molecule has 1 rings (SSSR count). The van der Waals surface area contributed by atoms with Crippen molar-refractivity contribution in [2.75, 3.05) is 26.4 Å². The maximum Gasteiger partial charge on any atom is 0.308 e. The molecule has 0 radical (unpaired) electrons. The maximum absolute atomic E-state index is 12.0. The van der Waals surface area contributed by atoms with E-state index in [0.717, 1.165) is 24.8 Å². The third-order valence-corrected chi connectivity index (χ3v) is 4.81. The summed E-state index contributed by atoms with van der Waals surface area (Å²) in [6.45, 7) is 5.20. The average Bonchev–Trinajstić information content (AvgIpc) is 2.57. The fraction of sp³-hybridized carbons (Fsp3) is 0.611. The van der Waals surface area contributed by atoms with Crippen LogP contribution in [-0.4, -0.2) is 40.8 Å². The summed E-state index contributed by atoms with van der Waals surface area (Å²) in [6, 6.07) is 6.60. The Bertz CT molecular complexity index is 594. The van der Waals surface area contributed by atoms with Crippen LogP contribution in [0.15, 0.2) is 29.2 Å². The Balaban J connectivity index is 2.03. The van der Waals surface area contributed by atoms with E-state index in [1.807, 2.05) is 6.92 Å². The molecule has 0 saturated carbocycles. The molecule has 0 fully saturated rings. The summed E-state index contributed by atoms with van der Waals surface area (Å²) in [5.74, 6) is -0.241. The average molecular weight is 372 g/mol. The van der Waals surface area contributed by atoms with Crippen LogP contribution in [-0.2, 0) is 28.6 Å². The summed E-state index contributed by atoms with van der Waals surface area (Å²) in [6.07, 6.45) is 3.61. The Kier molecular flexibility index (Phi) is 10.4. The van der Waals surface area contributed by atoms with Crippen molar-refractivity contribution in [1.29, 1.82) is 0 Å². The predicted molar refractivity (Wildman–Crippen MR) is 94.9 cm³/mol. The lowest BCUT2D eigenvalue weighted by Crippen LogP contribution is -2.09. The van der Waals surface area contributed by atoms with Gasteiger partial charge in [-0.1, -0.05) is 30.5 Å². The SMILES string of the molecule is CCOC(=O)CCOCCCCCCOS(=O)(=O)c1ccc(C)cc1. The summed E-state index contributed by atoms with van der Waals surface area (Å²) in [4.78, 5) is 11.3. The van der Waals surface area contributed by atoms with Crippen molar-refractivity contribution in [2.45, 2.75) is 50.8 Å². The first-order valence-corrected chi connectivity index (χ1v) is 10.1. The van der Waals surface area contributed by atoms with Gasteiger partial charge in [0.2, 0.25) is 0 Å². The molecule has 25 heavy (non-hydrogen) atoms. The van der Waals surface area contributed by atoms with E-state index in [-0.39, 0.29) is 23.9 Å². The highest BCUT2D eigenvalue weighted by molar-refractivity contribution is 7.86. The topological polar surface area (TPSA) is 78.9 Å². The smallest absolute Gasteiger partial charge is 0.308 e. The Morgan fingerprint density at radius 1 is 0.960 bits per heavy atom. The summed E-state index contributed by atoms with van der Waals surface area (Å²) < 4.78 is 39.1. The predicted octanol–water partition coefficient (Wildman–Crippen LogP) is 3.23. The van der Waals surface area contributed by atoms with E-state index in [1.165, 1.54) is 0 Å². The fourth-order valence-electron chi connectivity index (χ4n) is 2.09. The first-order valence-electron chi connectivity index (χ1n) is 8.65. The minimum atomic E-state index is -3.66. The third-order valence-electron chi connectivity index (χ3n) is 3.49. The molecule has 0 spiro atoms. The van der Waals surface area contributed by atoms with Crippen molar-refractivity contribution in [2.24, 2.45) is 0 Å². The van der Waals surface area contributed by atoms with E-state index in [4.69, 9.17) is 13.7 Å². The van der Waals surface area contributed by atoms with Gasteiger partial charge in [-0.05, 0) is 38.8 Å². The maximum atomic E-state index is 12.0. The van der Waals surface area contributed by atoms with Crippen molar-refractivity contribution >= 4 is 16.1 Å². The zero-order valence-electron chi connectivity index (χ0n) is 15.0. The Labute approximate surface area is 150 Å². The standard InChI is InChI=1S/C18H28O6S/c1-3-23-18(19)12-15-22-13-6-4-5-7-14-24-25(20,21)17-10-8-16(2)9-11-17/h8-11H,3-7,12-15H2,1-2H3. The van der Waals surface area contributed by atoms with Crippen LogP contribution < -0.4 is 0 Å². The lowest BCUT2D eigenvalue weighted by atomic mass is 10.2. The molecule has 0 saturated heterocycles. The van der Waals surface area contributed by atoms with Gasteiger partial charge in [0, 0.05) is 6.61 Å². The van der Waals surface area contributed by atoms with Crippen LogP contribution in [0.25, 0.3) is 0 Å². The number of hydrogen-bond donors (Lipinski definition) is 0. The molecule has 0 aliphatic rings. The van der Waals surface area contributed by atoms with Crippen molar-refractivity contribution in [1.82, 2.24) is 0 Å². The monoisotopic (exact) mass is 372 g/mol. The van der Waals surface area contributed by atoms with Crippen molar-refractivity contribution in [3.8, 4) is 0 Å². The van der Waals surface area contributed by atoms with E-state index >= 15 is 0 Å². The molecular weight excluding hydrogens is 344 g/mol. The largest absolute Gasteiger partial charge is 0.466 e. The number of aryl methyl sites for hydroxylation is 1. The van der Waals surface area contributed by atoms with Crippen LogP contribution in [0.2, 0.25) is 0 Å². The van der Waals surface area contributed by atoms with Gasteiger partial charge < -0.3 is 9.47 Å². The molecule has 0 aromatic heterocycles. The number of rotatable bonds is 13. The van der Waals surface area contributed by atoms with E-state index in [1.54, 1.807) is 31.2 Å². The van der Waals surface area contributed by atoms with Crippen molar-refractivity contribution in [3.05, 3.63) is 29.8 Å². The van der Waals surface area contributed by atoms with Crippen molar-refractivity contribution < 1.29 is 26.9 Å². The summed E-state index contributed by atoms with van der Waals surface area (Å²) in [5, 5.41) is 0. The number of benzene rings is 1. The lowest BCUT2D eigenvalue weighted by Gasteiger charge is -2.06. The minimum absolute atomic E-state index is 0.180. The quantitative estimate of drug-likeness (QED) is 0.300. The van der Waals surface area contributed by atoms with E-state index in [2.05, 4.69) is 0 Å². The third kappa shape index (κ3) is 9.57. The van der Waals surface area contributed by atoms with Gasteiger partial charge in [0.05, 0.1) is 31.1 Å². The summed E-state index contributed by atoms with van der Waals surface area (Å²) in [5.41, 5.74) is 1.00. The second kappa shape index (κ2) is 12.0. The Morgan fingerprint density at radius 2 is 1.60 bits per heavy atom. The first-order chi connectivity index (χ1) is 12.0. The van der Waals surface area contributed by atoms with Crippen molar-refractivity contribution in [3.63, 3.8) is 0 Å². The Morgan fingerprint density at radius 3 is 2.24 bits per heavy atom. The van der Waals surface area contributed by atoms with E-state index < -0.39 is 10.1 Å². The molecule has 0 aliphatic heterocycles. The minimum Gasteiger partial charge on any atom is -0.466 e. The highest BCUT2D eigenvalue weighted by atomic mass is 32.2. The molecule has 0 heterocycles. The number of ether oxygens (including phenoxy) is 2. The van der Waals surface area contributed by atoms with Crippen LogP contribution in [0.4, 0.5) is 0 Å². The van der Waals surface area contributed by atoms with Gasteiger partial charge in [0.25, 0.3) is 10.1 Å². The number of carbonyl (C=O) groups is 1. The molecule has 0 aliphatic carbocycles. The highest BCUT2D eigenvalue weighted by Crippen LogP contribution is 2.14. The molecule has 0 amide bonds. The summed E-state index contributed by atoms with van der Waals surface area (Å²) >= 11 is 0. The molecule has 0 bridgehead atoms. The number of carbonyl (C=O) groups excluding carboxylic acids is 1. The second-order valence-corrected chi connectivity index (χ2v) is 7.29. The second-order valence-electron chi connectivity index (χ2n) is 5.67. The van der Waals surface area contributed by atoms with Gasteiger partial charge in [-0.15, -0.1) is 0 Å². The van der Waals surface area contributed by atoms with Gasteiger partial charge in [-0.25, -0.2) is 0 Å². The molecule has 7 heteroatoms. The zero-order chi connectivity index (χ0) is 18.5. The lowest BCUT2D eigenvalue weighted by molar-refractivity contribution is -0.144. The van der Waals surface area contributed by atoms with Crippen LogP contribution in [0.3, 0.4) is 0 Å². The van der Waals surface area contributed by atoms with Gasteiger partial charge in [0.1, 0.15) is 0 Å². The molecule has 6 nitrogen and oxygen atoms in total. The number of esters is 1. The van der Waals surface area contributed by atoms with Crippen LogP contribution in [0, 0.1) is 6.92 Å². The molecule has 1 aromatic carbocycles. The molecule has 0 atom stereocenters. The zero-order valence-corrected chi connectivity index (χ0v) is 15.8. The Hall–Kier alpha value is -1.44. The molecule has 1 aromatic rings. The molecule has 0 unspecified atom stereocenters. The van der Waals surface area contributed by atoms with Gasteiger partial charge in [0.15, 0.2) is 0 Å². The first kappa shape index (κ1) is 21.6. The van der Waals surface area contributed by atoms with Crippen LogP contribution in [0.5, 0.6) is 0 Å². The van der Waals surface area contributed by atoms with Crippen LogP contribution in [0.1, 0.15) is 44.6 Å². The fourth-order valence-corrected chi connectivity index (χ4v) is 3.03. The van der Waals surface area contributed by atoms with E-state index in [9.17, 15) is 13.2 Å². The molecule has 0 N–H and O–H groups in total. The van der Waals surface area contributed by atoms with Gasteiger partial charge in [-0.2, -0.15) is 8.42 Å². The molecular formula is C18H28O6S. The molecule has 142 valence electrons. The van der Waals surface area contributed by atoms with Gasteiger partial charge >= 0.3 is 5.97 Å². The number of unbranched alkanes of at least 4 members (excludes halogenated alkanes) is 3. The summed E-state index contributed by atoms with van der Waals surface area (Å²) in [7, 11) is -3.66. The van der Waals surface area contributed by atoms with Gasteiger partial charge in [-0.3, -0.25) is 8.98 Å². The van der Waals surface area contributed by atoms with Crippen LogP contribution >= 0.6 is 0 Å². The normalized spacial score (nSPS) is 11.4.